The lowest BCUT2D eigenvalue weighted by atomic mass is 10.0. The number of halogens is 1. The van der Waals surface area contributed by atoms with Crippen LogP contribution in [0.1, 0.15) is 30.9 Å². The highest BCUT2D eigenvalue weighted by atomic mass is 35.5. The van der Waals surface area contributed by atoms with Crippen LogP contribution < -0.4 is 0 Å². The Bertz CT molecular complexity index is 386. The Hall–Kier alpha value is -0.610. The molecule has 0 amide bonds. The van der Waals surface area contributed by atoms with E-state index in [2.05, 4.69) is 4.90 Å². The van der Waals surface area contributed by atoms with Gasteiger partial charge in [-0.3, -0.25) is 4.90 Å². The molecule has 1 aliphatic heterocycles. The molecule has 100 valence electrons. The summed E-state index contributed by atoms with van der Waals surface area (Å²) in [5.74, 6) is 0. The minimum atomic E-state index is -0.592. The van der Waals surface area contributed by atoms with E-state index in [4.69, 9.17) is 11.6 Å². The Labute approximate surface area is 113 Å². The van der Waals surface area contributed by atoms with Gasteiger partial charge in [-0.2, -0.15) is 0 Å². The van der Waals surface area contributed by atoms with Gasteiger partial charge in [0.15, 0.2) is 0 Å². The maximum atomic E-state index is 10.3. The molecule has 0 saturated carbocycles. The normalized spacial score (nSPS) is 22.9. The predicted molar refractivity (Wildman–Crippen MR) is 72.7 cm³/mol. The summed E-state index contributed by atoms with van der Waals surface area (Å²) in [5.41, 5.74) is 0.765. The van der Waals surface area contributed by atoms with E-state index in [0.717, 1.165) is 31.4 Å². The lowest BCUT2D eigenvalue weighted by Crippen LogP contribution is -2.43. The molecule has 0 spiro atoms. The first-order valence-corrected chi connectivity index (χ1v) is 6.87. The van der Waals surface area contributed by atoms with Gasteiger partial charge in [-0.1, -0.05) is 36.2 Å². The second kappa shape index (κ2) is 6.53. The molecule has 2 atom stereocenters. The van der Waals surface area contributed by atoms with Crippen LogP contribution in [0, 0.1) is 0 Å². The summed E-state index contributed by atoms with van der Waals surface area (Å²) in [4.78, 5) is 2.16. The number of rotatable bonds is 4. The van der Waals surface area contributed by atoms with Gasteiger partial charge in [-0.25, -0.2) is 0 Å². The summed E-state index contributed by atoms with van der Waals surface area (Å²) in [6.07, 6.45) is 2.70. The lowest BCUT2D eigenvalue weighted by Gasteiger charge is -2.35. The Kier molecular flexibility index (Phi) is 5.01. The SMILES string of the molecule is OCC1CCCCN1CC(O)c1ccccc1Cl. The van der Waals surface area contributed by atoms with Crippen LogP contribution in [0.3, 0.4) is 0 Å². The van der Waals surface area contributed by atoms with Crippen molar-refractivity contribution in [1.29, 1.82) is 0 Å². The van der Waals surface area contributed by atoms with Crippen LogP contribution in [0.25, 0.3) is 0 Å². The average molecular weight is 270 g/mol. The Morgan fingerprint density at radius 1 is 1.33 bits per heavy atom. The molecule has 0 aliphatic carbocycles. The summed E-state index contributed by atoms with van der Waals surface area (Å²) in [6.45, 7) is 1.64. The molecule has 2 rings (SSSR count). The molecule has 0 radical (unpaired) electrons. The van der Waals surface area contributed by atoms with Crippen LogP contribution in [0.4, 0.5) is 0 Å². The summed E-state index contributed by atoms with van der Waals surface area (Å²) >= 11 is 6.08. The maximum absolute atomic E-state index is 10.3. The van der Waals surface area contributed by atoms with E-state index in [1.165, 1.54) is 0 Å². The number of nitrogens with zero attached hydrogens (tertiary/aromatic N) is 1. The quantitative estimate of drug-likeness (QED) is 0.881. The number of hydrogen-bond acceptors (Lipinski definition) is 3. The monoisotopic (exact) mass is 269 g/mol. The number of piperidine rings is 1. The molecule has 0 aromatic heterocycles. The third-order valence-electron chi connectivity index (χ3n) is 3.63. The van der Waals surface area contributed by atoms with Crippen LogP contribution in [0.2, 0.25) is 5.02 Å². The first-order chi connectivity index (χ1) is 8.72. The van der Waals surface area contributed by atoms with Crippen molar-refractivity contribution in [2.24, 2.45) is 0 Å². The predicted octanol–water partition coefficient (Wildman–Crippen LogP) is 2.22. The van der Waals surface area contributed by atoms with Crippen molar-refractivity contribution in [3.63, 3.8) is 0 Å². The van der Waals surface area contributed by atoms with Crippen molar-refractivity contribution in [2.75, 3.05) is 19.7 Å². The molecule has 0 bridgehead atoms. The molecule has 1 fully saturated rings. The summed E-state index contributed by atoms with van der Waals surface area (Å²) in [5, 5.41) is 20.2. The minimum Gasteiger partial charge on any atom is -0.395 e. The number of β-amino-alcohol motifs (C(OH)–C–C–N with tert-alkyl or cyclic N) is 1. The molecule has 4 heteroatoms. The number of hydrogen-bond donors (Lipinski definition) is 2. The van der Waals surface area contributed by atoms with Crippen molar-refractivity contribution in [2.45, 2.75) is 31.4 Å². The van der Waals surface area contributed by atoms with Gasteiger partial charge in [0.2, 0.25) is 0 Å². The Morgan fingerprint density at radius 3 is 2.83 bits per heavy atom. The van der Waals surface area contributed by atoms with Gasteiger partial charge in [0.1, 0.15) is 0 Å². The van der Waals surface area contributed by atoms with Gasteiger partial charge in [-0.05, 0) is 25.5 Å². The fraction of sp³-hybridized carbons (Fsp3) is 0.571. The largest absolute Gasteiger partial charge is 0.395 e. The van der Waals surface area contributed by atoms with Gasteiger partial charge < -0.3 is 10.2 Å². The highest BCUT2D eigenvalue weighted by Crippen LogP contribution is 2.25. The molecular formula is C14H20ClNO2. The topological polar surface area (TPSA) is 43.7 Å². The molecule has 3 nitrogen and oxygen atoms in total. The van der Waals surface area contributed by atoms with Crippen LogP contribution >= 0.6 is 11.6 Å². The molecule has 2 unspecified atom stereocenters. The first kappa shape index (κ1) is 13.8. The third kappa shape index (κ3) is 3.23. The Balaban J connectivity index is 2.02. The second-order valence-electron chi connectivity index (χ2n) is 4.86. The molecule has 1 heterocycles. The zero-order chi connectivity index (χ0) is 13.0. The standard InChI is InChI=1S/C14H20ClNO2/c15-13-7-2-1-6-12(13)14(18)9-16-8-4-3-5-11(16)10-17/h1-2,6-7,11,14,17-18H,3-5,8-10H2. The number of benzene rings is 1. The maximum Gasteiger partial charge on any atom is 0.0931 e. The highest BCUT2D eigenvalue weighted by molar-refractivity contribution is 6.31. The van der Waals surface area contributed by atoms with Gasteiger partial charge in [0.25, 0.3) is 0 Å². The fourth-order valence-electron chi connectivity index (χ4n) is 2.57. The minimum absolute atomic E-state index is 0.162. The van der Waals surface area contributed by atoms with Crippen molar-refractivity contribution in [1.82, 2.24) is 4.90 Å². The van der Waals surface area contributed by atoms with Crippen molar-refractivity contribution < 1.29 is 10.2 Å². The van der Waals surface area contributed by atoms with E-state index in [0.29, 0.717) is 11.6 Å². The zero-order valence-electron chi connectivity index (χ0n) is 10.4. The van der Waals surface area contributed by atoms with Crippen LogP contribution in [-0.4, -0.2) is 40.9 Å². The van der Waals surface area contributed by atoms with E-state index >= 15 is 0 Å². The fourth-order valence-corrected chi connectivity index (χ4v) is 2.83. The lowest BCUT2D eigenvalue weighted by molar-refractivity contribution is 0.0417. The van der Waals surface area contributed by atoms with Gasteiger partial charge in [0, 0.05) is 23.2 Å². The molecule has 1 aliphatic rings. The summed E-state index contributed by atoms with van der Waals surface area (Å²) < 4.78 is 0. The molecule has 1 saturated heterocycles. The van der Waals surface area contributed by atoms with Gasteiger partial charge in [-0.15, -0.1) is 0 Å². The summed E-state index contributed by atoms with van der Waals surface area (Å²) in [7, 11) is 0. The molecule has 1 aromatic rings. The van der Waals surface area contributed by atoms with E-state index in [1.807, 2.05) is 18.2 Å². The van der Waals surface area contributed by atoms with E-state index in [-0.39, 0.29) is 12.6 Å². The third-order valence-corrected chi connectivity index (χ3v) is 3.98. The number of aliphatic hydroxyl groups is 2. The molecule has 18 heavy (non-hydrogen) atoms. The van der Waals surface area contributed by atoms with E-state index in [9.17, 15) is 10.2 Å². The van der Waals surface area contributed by atoms with Gasteiger partial charge >= 0.3 is 0 Å². The first-order valence-electron chi connectivity index (χ1n) is 6.49. The second-order valence-corrected chi connectivity index (χ2v) is 5.27. The molecule has 1 aromatic carbocycles. The Morgan fingerprint density at radius 2 is 2.11 bits per heavy atom. The summed E-state index contributed by atoms with van der Waals surface area (Å²) in [6, 6.07) is 7.56. The molecule has 2 N–H and O–H groups in total. The van der Waals surface area contributed by atoms with Crippen LogP contribution in [0.5, 0.6) is 0 Å². The van der Waals surface area contributed by atoms with E-state index in [1.54, 1.807) is 6.07 Å². The highest BCUT2D eigenvalue weighted by Gasteiger charge is 2.24. The smallest absolute Gasteiger partial charge is 0.0931 e. The van der Waals surface area contributed by atoms with Crippen LogP contribution in [-0.2, 0) is 0 Å². The van der Waals surface area contributed by atoms with Crippen LogP contribution in [0.15, 0.2) is 24.3 Å². The zero-order valence-corrected chi connectivity index (χ0v) is 11.2. The number of likely N-dealkylation sites (tertiary alicyclic amines) is 1. The van der Waals surface area contributed by atoms with Crippen molar-refractivity contribution in [3.8, 4) is 0 Å². The van der Waals surface area contributed by atoms with E-state index < -0.39 is 6.10 Å². The molecular weight excluding hydrogens is 250 g/mol. The number of aliphatic hydroxyl groups excluding tert-OH is 2. The van der Waals surface area contributed by atoms with Gasteiger partial charge in [0.05, 0.1) is 12.7 Å². The van der Waals surface area contributed by atoms with Crippen molar-refractivity contribution >= 4 is 11.6 Å². The average Bonchev–Trinajstić information content (AvgIpc) is 2.39. The van der Waals surface area contributed by atoms with Crippen molar-refractivity contribution in [3.05, 3.63) is 34.9 Å².